The maximum Gasteiger partial charge on any atom is 0.155 e. The Balaban J connectivity index is 1.70. The number of aliphatic hydroxyl groups excluding tert-OH is 1. The molecule has 0 saturated heterocycles. The largest absolute Gasteiger partial charge is 0.393 e. The lowest BCUT2D eigenvalue weighted by atomic mass is 9.45. The van der Waals surface area contributed by atoms with Crippen LogP contribution in [0.2, 0.25) is 0 Å². The van der Waals surface area contributed by atoms with Gasteiger partial charge in [0.2, 0.25) is 0 Å². The van der Waals surface area contributed by atoms with E-state index in [0.717, 1.165) is 44.8 Å². The molecule has 1 N–H and O–H groups in total. The van der Waals surface area contributed by atoms with Crippen molar-refractivity contribution in [3.05, 3.63) is 11.6 Å². The number of carbonyl (C=O) groups excluding carboxylic acids is 2. The molecule has 0 aromatic rings. The van der Waals surface area contributed by atoms with E-state index in [0.29, 0.717) is 30.1 Å². The molecule has 25 heavy (non-hydrogen) atoms. The molecule has 1 unspecified atom stereocenters. The molecule has 0 bridgehead atoms. The lowest BCUT2D eigenvalue weighted by Crippen LogP contribution is -2.57. The van der Waals surface area contributed by atoms with Crippen LogP contribution in [0.15, 0.2) is 11.6 Å². The summed E-state index contributed by atoms with van der Waals surface area (Å²) in [7, 11) is 0. The predicted octanol–water partition coefficient (Wildman–Crippen LogP) is 3.94. The van der Waals surface area contributed by atoms with Crippen molar-refractivity contribution < 1.29 is 14.7 Å². The number of aldehydes is 1. The molecule has 0 radical (unpaired) electrons. The topological polar surface area (TPSA) is 54.4 Å². The van der Waals surface area contributed by atoms with E-state index in [2.05, 4.69) is 13.8 Å². The molecule has 4 aliphatic rings. The highest BCUT2D eigenvalue weighted by Crippen LogP contribution is 2.67. The van der Waals surface area contributed by atoms with Gasteiger partial charge in [0, 0.05) is 17.8 Å². The van der Waals surface area contributed by atoms with Crippen molar-refractivity contribution in [2.45, 2.75) is 71.8 Å². The summed E-state index contributed by atoms with van der Waals surface area (Å²) >= 11 is 0. The molecule has 0 aromatic carbocycles. The summed E-state index contributed by atoms with van der Waals surface area (Å²) in [6, 6.07) is 0. The Kier molecular flexibility index (Phi) is 4.03. The van der Waals surface area contributed by atoms with Gasteiger partial charge < -0.3 is 9.90 Å². The Bertz CT molecular complexity index is 623. The van der Waals surface area contributed by atoms with Crippen LogP contribution in [-0.2, 0) is 9.59 Å². The van der Waals surface area contributed by atoms with Gasteiger partial charge in [0.05, 0.1) is 6.10 Å². The second kappa shape index (κ2) is 5.77. The van der Waals surface area contributed by atoms with Crippen LogP contribution in [-0.4, -0.2) is 23.3 Å². The van der Waals surface area contributed by atoms with Crippen LogP contribution in [0.1, 0.15) is 65.7 Å². The third kappa shape index (κ3) is 2.27. The first kappa shape index (κ1) is 17.5. The number of hydrogen-bond acceptors (Lipinski definition) is 3. The fourth-order valence-corrected chi connectivity index (χ4v) is 7.51. The Labute approximate surface area is 151 Å². The maximum absolute atomic E-state index is 11.9. The first-order valence-electron chi connectivity index (χ1n) is 10.2. The molecule has 3 saturated carbocycles. The summed E-state index contributed by atoms with van der Waals surface area (Å²) in [6.07, 6.45) is 9.53. The van der Waals surface area contributed by atoms with Gasteiger partial charge in [0.1, 0.15) is 6.29 Å². The minimum absolute atomic E-state index is 0.0307. The number of hydrogen-bond donors (Lipinski definition) is 1. The lowest BCUT2D eigenvalue weighted by Gasteiger charge is -2.60. The quantitative estimate of drug-likeness (QED) is 0.772. The molecule has 8 atom stereocenters. The van der Waals surface area contributed by atoms with Crippen LogP contribution in [0.25, 0.3) is 0 Å². The summed E-state index contributed by atoms with van der Waals surface area (Å²) in [6.45, 7) is 6.63. The number of fused-ring (bicyclic) bond motifs is 5. The molecule has 138 valence electrons. The van der Waals surface area contributed by atoms with Crippen molar-refractivity contribution in [2.75, 3.05) is 0 Å². The molecule has 0 aliphatic heterocycles. The molecule has 0 amide bonds. The van der Waals surface area contributed by atoms with Gasteiger partial charge in [-0.2, -0.15) is 0 Å². The van der Waals surface area contributed by atoms with Crippen LogP contribution in [0.3, 0.4) is 0 Å². The van der Waals surface area contributed by atoms with Crippen LogP contribution in [0.5, 0.6) is 0 Å². The third-order valence-electron chi connectivity index (χ3n) is 8.99. The first-order chi connectivity index (χ1) is 11.8. The van der Waals surface area contributed by atoms with Gasteiger partial charge in [-0.3, -0.25) is 4.79 Å². The average Bonchev–Trinajstić information content (AvgIpc) is 2.95. The minimum Gasteiger partial charge on any atom is -0.393 e. The molecule has 3 nitrogen and oxygen atoms in total. The van der Waals surface area contributed by atoms with Gasteiger partial charge in [-0.15, -0.1) is 0 Å². The fraction of sp³-hybridized carbons (Fsp3) is 0.818. The van der Waals surface area contributed by atoms with E-state index in [1.54, 1.807) is 0 Å². The minimum atomic E-state index is -0.331. The molecule has 0 heterocycles. The smallest absolute Gasteiger partial charge is 0.155 e. The first-order valence-corrected chi connectivity index (χ1v) is 10.2. The van der Waals surface area contributed by atoms with Crippen molar-refractivity contribution in [1.82, 2.24) is 0 Å². The van der Waals surface area contributed by atoms with Crippen LogP contribution < -0.4 is 0 Å². The van der Waals surface area contributed by atoms with Crippen molar-refractivity contribution in [3.63, 3.8) is 0 Å². The molecule has 4 aliphatic carbocycles. The highest BCUT2D eigenvalue weighted by Gasteiger charge is 2.62. The number of aliphatic hydroxyl groups is 1. The molecular formula is C22H32O3. The van der Waals surface area contributed by atoms with Gasteiger partial charge in [0.25, 0.3) is 0 Å². The molecule has 0 spiro atoms. The number of rotatable bonds is 2. The highest BCUT2D eigenvalue weighted by molar-refractivity contribution is 5.91. The van der Waals surface area contributed by atoms with Crippen LogP contribution >= 0.6 is 0 Å². The van der Waals surface area contributed by atoms with Crippen LogP contribution in [0, 0.1) is 40.4 Å². The third-order valence-corrected chi connectivity index (χ3v) is 8.99. The fourth-order valence-electron chi connectivity index (χ4n) is 7.51. The Hall–Kier alpha value is -0.960. The van der Waals surface area contributed by atoms with Crippen molar-refractivity contribution >= 4 is 12.1 Å². The Morgan fingerprint density at radius 3 is 2.68 bits per heavy atom. The Morgan fingerprint density at radius 2 is 1.96 bits per heavy atom. The monoisotopic (exact) mass is 344 g/mol. The Morgan fingerprint density at radius 1 is 1.20 bits per heavy atom. The van der Waals surface area contributed by atoms with E-state index in [1.165, 1.54) is 5.57 Å². The SMILES string of the molecule is CC(C=O)[C@H]1CC[C@H]2[C@@H]3CCC4=CC(=O)CC[C@]4(C)[C@H]3C[C@H](O)[C@]12C. The molecule has 3 heteroatoms. The van der Waals surface area contributed by atoms with Gasteiger partial charge in [-0.25, -0.2) is 0 Å². The number of allylic oxidation sites excluding steroid dienone is 1. The van der Waals surface area contributed by atoms with Crippen molar-refractivity contribution in [1.29, 1.82) is 0 Å². The molecule has 4 rings (SSSR count). The summed E-state index contributed by atoms with van der Waals surface area (Å²) in [5.74, 6) is 2.26. The normalized spacial score (nSPS) is 50.3. The summed E-state index contributed by atoms with van der Waals surface area (Å²) < 4.78 is 0. The molecule has 3 fully saturated rings. The van der Waals surface area contributed by atoms with Gasteiger partial charge in [0.15, 0.2) is 5.78 Å². The predicted molar refractivity (Wildman–Crippen MR) is 96.8 cm³/mol. The van der Waals surface area contributed by atoms with E-state index in [1.807, 2.05) is 13.0 Å². The highest BCUT2D eigenvalue weighted by atomic mass is 16.3. The maximum atomic E-state index is 11.9. The summed E-state index contributed by atoms with van der Waals surface area (Å²) in [5.41, 5.74) is 1.31. The second-order valence-corrected chi connectivity index (χ2v) is 9.77. The number of carbonyl (C=O) groups is 2. The van der Waals surface area contributed by atoms with E-state index >= 15 is 0 Å². The second-order valence-electron chi connectivity index (χ2n) is 9.77. The van der Waals surface area contributed by atoms with Gasteiger partial charge in [-0.1, -0.05) is 26.3 Å². The molecular weight excluding hydrogens is 312 g/mol. The number of ketones is 1. The van der Waals surface area contributed by atoms with Crippen LogP contribution in [0.4, 0.5) is 0 Å². The van der Waals surface area contributed by atoms with E-state index in [-0.39, 0.29) is 28.6 Å². The lowest BCUT2D eigenvalue weighted by molar-refractivity contribution is -0.143. The van der Waals surface area contributed by atoms with E-state index < -0.39 is 0 Å². The zero-order valence-corrected chi connectivity index (χ0v) is 15.8. The zero-order valence-electron chi connectivity index (χ0n) is 15.8. The summed E-state index contributed by atoms with van der Waals surface area (Å²) in [4.78, 5) is 23.4. The average molecular weight is 344 g/mol. The van der Waals surface area contributed by atoms with Crippen molar-refractivity contribution in [2.24, 2.45) is 40.4 Å². The van der Waals surface area contributed by atoms with Gasteiger partial charge in [-0.05, 0) is 73.7 Å². The molecule has 0 aromatic heterocycles. The van der Waals surface area contributed by atoms with Crippen molar-refractivity contribution in [3.8, 4) is 0 Å². The van der Waals surface area contributed by atoms with E-state index in [9.17, 15) is 14.7 Å². The van der Waals surface area contributed by atoms with E-state index in [4.69, 9.17) is 0 Å². The van der Waals surface area contributed by atoms with Gasteiger partial charge >= 0.3 is 0 Å². The zero-order chi connectivity index (χ0) is 18.0. The summed E-state index contributed by atoms with van der Waals surface area (Å²) in [5, 5.41) is 11.2. The standard InChI is InChI=1S/C22H32O3/c1-13(12-23)17-6-7-18-16-5-4-14-10-15(24)8-9-21(14,2)19(16)11-20(25)22(17,18)3/h10,12-13,16-20,25H,4-9,11H2,1-3H3/t13?,16-,17+,18-,19-,20-,21-,22+/m0/s1.